The average molecular weight is 310 g/mol. The molecule has 2 aromatic carbocycles. The van der Waals surface area contributed by atoms with Crippen LogP contribution < -0.4 is 0 Å². The number of hydrogen-bond acceptors (Lipinski definition) is 0. The van der Waals surface area contributed by atoms with E-state index < -0.39 is 0 Å². The summed E-state index contributed by atoms with van der Waals surface area (Å²) in [5, 5.41) is 0.838. The third-order valence-electron chi connectivity index (χ3n) is 2.76. The van der Waals surface area contributed by atoms with Gasteiger partial charge in [-0.1, -0.05) is 75.6 Å². The molecule has 2 aromatic rings. The first-order valence-electron chi connectivity index (χ1n) is 5.61. The molecule has 0 aliphatic carbocycles. The molecule has 0 radical (unpaired) electrons. The molecule has 0 saturated heterocycles. The van der Waals surface area contributed by atoms with E-state index in [1.165, 1.54) is 16.7 Å². The van der Waals surface area contributed by atoms with E-state index in [9.17, 15) is 0 Å². The van der Waals surface area contributed by atoms with Crippen molar-refractivity contribution in [1.82, 2.24) is 0 Å². The van der Waals surface area contributed by atoms with Crippen molar-refractivity contribution in [1.29, 1.82) is 0 Å². The van der Waals surface area contributed by atoms with Crippen LogP contribution in [0, 0.1) is 6.92 Å². The zero-order chi connectivity index (χ0) is 12.3. The standard InChI is InChI=1S/C15H14BrCl/c1-11-5-4-7-12(9-11)14(16)10-13-6-2-3-8-15(13)17/h2-9,14H,10H2,1H3. The number of benzene rings is 2. The van der Waals surface area contributed by atoms with Crippen LogP contribution in [0.25, 0.3) is 0 Å². The molecule has 0 fully saturated rings. The molecular formula is C15H14BrCl. The fraction of sp³-hybridized carbons (Fsp3) is 0.200. The van der Waals surface area contributed by atoms with Gasteiger partial charge in [0.1, 0.15) is 0 Å². The molecule has 2 rings (SSSR count). The second kappa shape index (κ2) is 5.70. The molecule has 0 N–H and O–H groups in total. The molecular weight excluding hydrogens is 296 g/mol. The second-order valence-corrected chi connectivity index (χ2v) is 5.69. The number of alkyl halides is 1. The lowest BCUT2D eigenvalue weighted by atomic mass is 10.0. The highest BCUT2D eigenvalue weighted by Crippen LogP contribution is 2.30. The van der Waals surface area contributed by atoms with Gasteiger partial charge in [0.2, 0.25) is 0 Å². The lowest BCUT2D eigenvalue weighted by Crippen LogP contribution is -1.96. The topological polar surface area (TPSA) is 0 Å². The fourth-order valence-electron chi connectivity index (χ4n) is 1.84. The molecule has 2 heteroatoms. The van der Waals surface area contributed by atoms with Gasteiger partial charge in [-0.05, 0) is 30.5 Å². The summed E-state index contributed by atoms with van der Waals surface area (Å²) >= 11 is 9.90. The van der Waals surface area contributed by atoms with Crippen LogP contribution in [0.2, 0.25) is 5.02 Å². The van der Waals surface area contributed by atoms with Crippen molar-refractivity contribution < 1.29 is 0 Å². The van der Waals surface area contributed by atoms with Crippen molar-refractivity contribution in [3.63, 3.8) is 0 Å². The Morgan fingerprint density at radius 1 is 1.12 bits per heavy atom. The van der Waals surface area contributed by atoms with Crippen molar-refractivity contribution in [2.75, 3.05) is 0 Å². The van der Waals surface area contributed by atoms with Gasteiger partial charge in [0.05, 0.1) is 0 Å². The first kappa shape index (κ1) is 12.7. The van der Waals surface area contributed by atoms with Crippen molar-refractivity contribution in [2.24, 2.45) is 0 Å². The lowest BCUT2D eigenvalue weighted by molar-refractivity contribution is 0.947. The molecule has 0 bridgehead atoms. The van der Waals surface area contributed by atoms with Gasteiger partial charge in [0, 0.05) is 9.85 Å². The Morgan fingerprint density at radius 2 is 1.88 bits per heavy atom. The third kappa shape index (κ3) is 3.34. The summed E-state index contributed by atoms with van der Waals surface area (Å²) in [6.45, 7) is 2.11. The Kier molecular flexibility index (Phi) is 4.25. The summed E-state index contributed by atoms with van der Waals surface area (Å²) < 4.78 is 0. The highest BCUT2D eigenvalue weighted by atomic mass is 79.9. The van der Waals surface area contributed by atoms with Gasteiger partial charge in [-0.15, -0.1) is 0 Å². The first-order valence-corrected chi connectivity index (χ1v) is 6.90. The van der Waals surface area contributed by atoms with Crippen LogP contribution in [0.15, 0.2) is 48.5 Å². The zero-order valence-corrected chi connectivity index (χ0v) is 12.0. The summed E-state index contributed by atoms with van der Waals surface area (Å²) in [5.74, 6) is 0. The van der Waals surface area contributed by atoms with E-state index in [1.807, 2.05) is 18.2 Å². The molecule has 17 heavy (non-hydrogen) atoms. The normalized spacial score (nSPS) is 12.4. The monoisotopic (exact) mass is 308 g/mol. The molecule has 0 aromatic heterocycles. The van der Waals surface area contributed by atoms with E-state index in [-0.39, 0.29) is 0 Å². The van der Waals surface area contributed by atoms with Crippen LogP contribution in [0.5, 0.6) is 0 Å². The molecule has 0 aliphatic heterocycles. The number of rotatable bonds is 3. The summed E-state index contributed by atoms with van der Waals surface area (Å²) in [6.07, 6.45) is 0.906. The Labute approximate surface area is 116 Å². The van der Waals surface area contributed by atoms with E-state index in [0.29, 0.717) is 4.83 Å². The SMILES string of the molecule is Cc1cccc(C(Br)Cc2ccccc2Cl)c1. The maximum absolute atomic E-state index is 6.17. The maximum Gasteiger partial charge on any atom is 0.0438 e. The molecule has 0 nitrogen and oxygen atoms in total. The number of hydrogen-bond donors (Lipinski definition) is 0. The van der Waals surface area contributed by atoms with Crippen molar-refractivity contribution >= 4 is 27.5 Å². The Bertz CT molecular complexity index is 508. The fourth-order valence-corrected chi connectivity index (χ4v) is 2.69. The highest BCUT2D eigenvalue weighted by Gasteiger charge is 2.10. The van der Waals surface area contributed by atoms with Gasteiger partial charge in [-0.2, -0.15) is 0 Å². The average Bonchev–Trinajstić information content (AvgIpc) is 2.32. The van der Waals surface area contributed by atoms with Gasteiger partial charge < -0.3 is 0 Å². The summed E-state index contributed by atoms with van der Waals surface area (Å²) in [7, 11) is 0. The van der Waals surface area contributed by atoms with Crippen LogP contribution >= 0.6 is 27.5 Å². The first-order chi connectivity index (χ1) is 8.16. The van der Waals surface area contributed by atoms with Crippen molar-refractivity contribution in [3.05, 3.63) is 70.2 Å². The molecule has 1 unspecified atom stereocenters. The van der Waals surface area contributed by atoms with E-state index in [1.54, 1.807) is 0 Å². The van der Waals surface area contributed by atoms with Crippen molar-refractivity contribution in [3.8, 4) is 0 Å². The molecule has 0 aliphatic rings. The van der Waals surface area contributed by atoms with E-state index in [2.05, 4.69) is 53.2 Å². The van der Waals surface area contributed by atoms with E-state index >= 15 is 0 Å². The van der Waals surface area contributed by atoms with Crippen LogP contribution in [0.4, 0.5) is 0 Å². The molecule has 0 heterocycles. The lowest BCUT2D eigenvalue weighted by Gasteiger charge is -2.12. The van der Waals surface area contributed by atoms with Crippen molar-refractivity contribution in [2.45, 2.75) is 18.2 Å². The maximum atomic E-state index is 6.17. The highest BCUT2D eigenvalue weighted by molar-refractivity contribution is 9.09. The van der Waals surface area contributed by atoms with Gasteiger partial charge in [0.25, 0.3) is 0 Å². The molecule has 0 saturated carbocycles. The zero-order valence-electron chi connectivity index (χ0n) is 9.66. The third-order valence-corrected chi connectivity index (χ3v) is 3.98. The second-order valence-electron chi connectivity index (χ2n) is 4.18. The van der Waals surface area contributed by atoms with Crippen LogP contribution in [-0.4, -0.2) is 0 Å². The smallest absolute Gasteiger partial charge is 0.0438 e. The summed E-state index contributed by atoms with van der Waals surface area (Å²) in [5.41, 5.74) is 3.76. The predicted octanol–water partition coefficient (Wildman–Crippen LogP) is 5.33. The number of halogens is 2. The largest absolute Gasteiger partial charge is 0.0840 e. The van der Waals surface area contributed by atoms with Crippen LogP contribution in [0.3, 0.4) is 0 Å². The predicted molar refractivity (Wildman–Crippen MR) is 78.0 cm³/mol. The van der Waals surface area contributed by atoms with Gasteiger partial charge >= 0.3 is 0 Å². The molecule has 0 spiro atoms. The van der Waals surface area contributed by atoms with Crippen LogP contribution in [-0.2, 0) is 6.42 Å². The molecule has 0 amide bonds. The van der Waals surface area contributed by atoms with Gasteiger partial charge in [0.15, 0.2) is 0 Å². The molecule has 1 atom stereocenters. The number of aryl methyl sites for hydroxylation is 1. The van der Waals surface area contributed by atoms with E-state index in [4.69, 9.17) is 11.6 Å². The summed E-state index contributed by atoms with van der Waals surface area (Å²) in [4.78, 5) is 0.308. The van der Waals surface area contributed by atoms with E-state index in [0.717, 1.165) is 11.4 Å². The van der Waals surface area contributed by atoms with Gasteiger partial charge in [-0.25, -0.2) is 0 Å². The summed E-state index contributed by atoms with van der Waals surface area (Å²) in [6, 6.07) is 16.5. The quantitative estimate of drug-likeness (QED) is 0.672. The van der Waals surface area contributed by atoms with Gasteiger partial charge in [-0.3, -0.25) is 0 Å². The Hall–Kier alpha value is -0.790. The minimum Gasteiger partial charge on any atom is -0.0840 e. The Morgan fingerprint density at radius 3 is 2.59 bits per heavy atom. The minimum atomic E-state index is 0.308. The molecule has 88 valence electrons. The van der Waals surface area contributed by atoms with Crippen LogP contribution in [0.1, 0.15) is 21.5 Å². The minimum absolute atomic E-state index is 0.308. The Balaban J connectivity index is 2.17.